The molecule has 2 nitrogen and oxygen atoms in total. The Morgan fingerprint density at radius 3 is 2.62 bits per heavy atom. The quantitative estimate of drug-likeness (QED) is 0.917. The third kappa shape index (κ3) is 2.87. The van der Waals surface area contributed by atoms with Gasteiger partial charge in [0.1, 0.15) is 17.7 Å². The third-order valence-electron chi connectivity index (χ3n) is 3.92. The smallest absolute Gasteiger partial charge is 0.141 e. The van der Waals surface area contributed by atoms with E-state index in [2.05, 4.69) is 5.32 Å². The second-order valence-corrected chi connectivity index (χ2v) is 5.37. The largest absolute Gasteiger partial charge is 0.382 e. The molecule has 1 fully saturated rings. The summed E-state index contributed by atoms with van der Waals surface area (Å²) >= 11 is 0. The van der Waals surface area contributed by atoms with Crippen molar-refractivity contribution in [1.82, 2.24) is 0 Å². The summed E-state index contributed by atoms with van der Waals surface area (Å²) in [6.07, 6.45) is 1.81. The number of hydrogen-bond donors (Lipinski definition) is 1. The maximum Gasteiger partial charge on any atom is 0.141 e. The van der Waals surface area contributed by atoms with Gasteiger partial charge in [0, 0.05) is 11.7 Å². The van der Waals surface area contributed by atoms with Gasteiger partial charge < -0.3 is 5.32 Å². The van der Waals surface area contributed by atoms with Gasteiger partial charge >= 0.3 is 0 Å². The maximum absolute atomic E-state index is 13.2. The van der Waals surface area contributed by atoms with Gasteiger partial charge in [-0.3, -0.25) is 0 Å². The summed E-state index contributed by atoms with van der Waals surface area (Å²) in [5.41, 5.74) is 1.81. The van der Waals surface area contributed by atoms with Crippen LogP contribution in [-0.2, 0) is 0 Å². The van der Waals surface area contributed by atoms with Crippen molar-refractivity contribution in [1.29, 1.82) is 5.26 Å². The number of nitrogens with zero attached hydrogens (tertiary/aromatic N) is 1. The van der Waals surface area contributed by atoms with Gasteiger partial charge in [-0.1, -0.05) is 12.1 Å². The van der Waals surface area contributed by atoms with E-state index in [-0.39, 0.29) is 17.4 Å². The molecule has 0 atom stereocenters. The molecule has 0 spiro atoms. The van der Waals surface area contributed by atoms with Crippen LogP contribution in [0.4, 0.5) is 14.5 Å². The standard InChI is InChI=1S/C17H14F2N2/c18-14-3-1-2-11(6-14)12-7-16(8-12)21-15-4-5-17(19)13(9-15)10-20/h1-6,9,12,16,21H,7-8H2. The number of anilines is 1. The fraction of sp³-hybridized carbons (Fsp3) is 0.235. The summed E-state index contributed by atoms with van der Waals surface area (Å²) in [5, 5.41) is 12.1. The van der Waals surface area contributed by atoms with Crippen LogP contribution < -0.4 is 5.32 Å². The van der Waals surface area contributed by atoms with E-state index in [1.807, 2.05) is 12.1 Å². The van der Waals surface area contributed by atoms with Crippen molar-refractivity contribution in [2.45, 2.75) is 24.8 Å². The highest BCUT2D eigenvalue weighted by Crippen LogP contribution is 2.38. The summed E-state index contributed by atoms with van der Waals surface area (Å²) in [6, 6.07) is 13.2. The van der Waals surface area contributed by atoms with Crippen molar-refractivity contribution in [2.24, 2.45) is 0 Å². The molecule has 0 amide bonds. The molecule has 0 saturated heterocycles. The van der Waals surface area contributed by atoms with Crippen LogP contribution in [0.15, 0.2) is 42.5 Å². The van der Waals surface area contributed by atoms with E-state index in [0.717, 1.165) is 24.1 Å². The SMILES string of the molecule is N#Cc1cc(NC2CC(c3cccc(F)c3)C2)ccc1F. The number of hydrogen-bond acceptors (Lipinski definition) is 2. The molecule has 106 valence electrons. The molecule has 0 heterocycles. The molecule has 0 aliphatic heterocycles. The molecule has 3 rings (SSSR count). The van der Waals surface area contributed by atoms with Gasteiger partial charge in [0.05, 0.1) is 5.56 Å². The molecule has 0 radical (unpaired) electrons. The van der Waals surface area contributed by atoms with E-state index in [1.165, 1.54) is 18.2 Å². The molecule has 2 aromatic carbocycles. The van der Waals surface area contributed by atoms with Crippen molar-refractivity contribution >= 4 is 5.69 Å². The number of rotatable bonds is 3. The average Bonchev–Trinajstić information content (AvgIpc) is 2.44. The molecule has 1 aliphatic carbocycles. The highest BCUT2D eigenvalue weighted by molar-refractivity contribution is 5.51. The van der Waals surface area contributed by atoms with Crippen LogP contribution in [0.5, 0.6) is 0 Å². The number of nitrogens with one attached hydrogen (secondary N) is 1. The first-order valence-corrected chi connectivity index (χ1v) is 6.87. The molecule has 0 bridgehead atoms. The fourth-order valence-electron chi connectivity index (χ4n) is 2.70. The van der Waals surface area contributed by atoms with Gasteiger partial charge in [0.2, 0.25) is 0 Å². The minimum Gasteiger partial charge on any atom is -0.382 e. The first-order valence-electron chi connectivity index (χ1n) is 6.87. The zero-order valence-electron chi connectivity index (χ0n) is 11.3. The second kappa shape index (κ2) is 5.53. The predicted octanol–water partition coefficient (Wildman–Crippen LogP) is 4.19. The first-order chi connectivity index (χ1) is 10.2. The monoisotopic (exact) mass is 284 g/mol. The molecule has 1 N–H and O–H groups in total. The van der Waals surface area contributed by atoms with Crippen LogP contribution in [-0.4, -0.2) is 6.04 Å². The molecular weight excluding hydrogens is 270 g/mol. The van der Waals surface area contributed by atoms with Gasteiger partial charge in [0.25, 0.3) is 0 Å². The van der Waals surface area contributed by atoms with E-state index < -0.39 is 5.82 Å². The Kier molecular flexibility index (Phi) is 3.57. The summed E-state index contributed by atoms with van der Waals surface area (Å²) in [6.45, 7) is 0. The normalized spacial score (nSPS) is 20.4. The van der Waals surface area contributed by atoms with E-state index in [9.17, 15) is 8.78 Å². The van der Waals surface area contributed by atoms with Crippen molar-refractivity contribution < 1.29 is 8.78 Å². The Bertz CT molecular complexity index is 700. The summed E-state index contributed by atoms with van der Waals surface area (Å²) in [7, 11) is 0. The van der Waals surface area contributed by atoms with Crippen LogP contribution in [0, 0.1) is 23.0 Å². The Hall–Kier alpha value is -2.41. The maximum atomic E-state index is 13.2. The molecule has 0 aromatic heterocycles. The van der Waals surface area contributed by atoms with Crippen molar-refractivity contribution in [3.05, 3.63) is 65.2 Å². The zero-order chi connectivity index (χ0) is 14.8. The van der Waals surface area contributed by atoms with Crippen molar-refractivity contribution in [3.8, 4) is 6.07 Å². The minimum absolute atomic E-state index is 0.0426. The van der Waals surface area contributed by atoms with Crippen molar-refractivity contribution in [3.63, 3.8) is 0 Å². The minimum atomic E-state index is -0.505. The summed E-state index contributed by atoms with van der Waals surface area (Å²) in [4.78, 5) is 0. The van der Waals surface area contributed by atoms with Gasteiger partial charge in [-0.05, 0) is 54.7 Å². The van der Waals surface area contributed by atoms with Crippen molar-refractivity contribution in [2.75, 3.05) is 5.32 Å². The van der Waals surface area contributed by atoms with Crippen LogP contribution in [0.3, 0.4) is 0 Å². The molecular formula is C17H14F2N2. The molecule has 1 saturated carbocycles. The predicted molar refractivity (Wildman–Crippen MR) is 76.9 cm³/mol. The topological polar surface area (TPSA) is 35.8 Å². The lowest BCUT2D eigenvalue weighted by atomic mass is 9.76. The lowest BCUT2D eigenvalue weighted by Gasteiger charge is -2.37. The van der Waals surface area contributed by atoms with Gasteiger partial charge in [0.15, 0.2) is 0 Å². The van der Waals surface area contributed by atoms with E-state index in [1.54, 1.807) is 18.2 Å². The highest BCUT2D eigenvalue weighted by atomic mass is 19.1. The molecule has 21 heavy (non-hydrogen) atoms. The van der Waals surface area contributed by atoms with Gasteiger partial charge in [-0.15, -0.1) is 0 Å². The second-order valence-electron chi connectivity index (χ2n) is 5.37. The number of nitriles is 1. The number of benzene rings is 2. The molecule has 4 heteroatoms. The highest BCUT2D eigenvalue weighted by Gasteiger charge is 2.30. The Morgan fingerprint density at radius 2 is 1.90 bits per heavy atom. The van der Waals surface area contributed by atoms with Crippen LogP contribution in [0.1, 0.15) is 29.9 Å². The first kappa shape index (κ1) is 13.6. The molecule has 1 aliphatic rings. The van der Waals surface area contributed by atoms with Gasteiger partial charge in [-0.25, -0.2) is 8.78 Å². The third-order valence-corrected chi connectivity index (χ3v) is 3.92. The Balaban J connectivity index is 1.61. The van der Waals surface area contributed by atoms with Crippen LogP contribution in [0.25, 0.3) is 0 Å². The molecule has 0 unspecified atom stereocenters. The van der Waals surface area contributed by atoms with Crippen LogP contribution in [0.2, 0.25) is 0 Å². The summed E-state index contributed by atoms with van der Waals surface area (Å²) in [5.74, 6) is -0.357. The fourth-order valence-corrected chi connectivity index (χ4v) is 2.70. The van der Waals surface area contributed by atoms with E-state index in [0.29, 0.717) is 5.92 Å². The van der Waals surface area contributed by atoms with Gasteiger partial charge in [-0.2, -0.15) is 5.26 Å². The lowest BCUT2D eigenvalue weighted by Crippen LogP contribution is -2.34. The number of halogens is 2. The Labute approximate surface area is 122 Å². The van der Waals surface area contributed by atoms with E-state index >= 15 is 0 Å². The zero-order valence-corrected chi connectivity index (χ0v) is 11.3. The molecule has 2 aromatic rings. The lowest BCUT2D eigenvalue weighted by molar-refractivity contribution is 0.373. The Morgan fingerprint density at radius 1 is 1.10 bits per heavy atom. The van der Waals surface area contributed by atoms with E-state index in [4.69, 9.17) is 5.26 Å². The van der Waals surface area contributed by atoms with Crippen LogP contribution >= 0.6 is 0 Å². The summed E-state index contributed by atoms with van der Waals surface area (Å²) < 4.78 is 26.4. The average molecular weight is 284 g/mol.